The molecular formula is C15H26N2O. The van der Waals surface area contributed by atoms with E-state index >= 15 is 0 Å². The van der Waals surface area contributed by atoms with Crippen molar-refractivity contribution in [1.29, 1.82) is 0 Å². The molecule has 1 rings (SSSR count). The van der Waals surface area contributed by atoms with Crippen LogP contribution in [0.25, 0.3) is 0 Å². The number of benzene rings is 1. The van der Waals surface area contributed by atoms with Gasteiger partial charge < -0.3 is 15.0 Å². The number of hydrogen-bond acceptors (Lipinski definition) is 3. The van der Waals surface area contributed by atoms with Crippen molar-refractivity contribution in [2.24, 2.45) is 0 Å². The van der Waals surface area contributed by atoms with Gasteiger partial charge in [0.2, 0.25) is 0 Å². The maximum absolute atomic E-state index is 5.19. The third-order valence-corrected chi connectivity index (χ3v) is 3.68. The molecule has 2 atom stereocenters. The average molecular weight is 250 g/mol. The van der Waals surface area contributed by atoms with Gasteiger partial charge in [0.15, 0.2) is 0 Å². The smallest absolute Gasteiger partial charge is 0.118 e. The zero-order valence-corrected chi connectivity index (χ0v) is 12.2. The van der Waals surface area contributed by atoms with Crippen molar-refractivity contribution in [2.45, 2.75) is 32.4 Å². The summed E-state index contributed by atoms with van der Waals surface area (Å²) in [5.41, 5.74) is 1.30. The number of nitrogens with zero attached hydrogens (tertiary/aromatic N) is 1. The van der Waals surface area contributed by atoms with E-state index in [2.05, 4.69) is 43.2 Å². The molecule has 0 saturated carbocycles. The van der Waals surface area contributed by atoms with Crippen LogP contribution >= 0.6 is 0 Å². The molecule has 0 aromatic heterocycles. The molecule has 3 nitrogen and oxygen atoms in total. The van der Waals surface area contributed by atoms with Gasteiger partial charge in [-0.15, -0.1) is 0 Å². The van der Waals surface area contributed by atoms with Gasteiger partial charge in [0, 0.05) is 18.6 Å². The molecular weight excluding hydrogens is 224 g/mol. The minimum atomic E-state index is 0.356. The van der Waals surface area contributed by atoms with E-state index in [1.165, 1.54) is 12.0 Å². The third kappa shape index (κ3) is 4.00. The second kappa shape index (κ2) is 7.39. The Balaban J connectivity index is 2.70. The molecule has 0 radical (unpaired) electrons. The molecule has 0 spiro atoms. The van der Waals surface area contributed by atoms with Gasteiger partial charge in [-0.2, -0.15) is 0 Å². The molecule has 1 aromatic carbocycles. The fraction of sp³-hybridized carbons (Fsp3) is 0.600. The Kier molecular flexibility index (Phi) is 6.16. The van der Waals surface area contributed by atoms with E-state index in [1.54, 1.807) is 7.11 Å². The van der Waals surface area contributed by atoms with Gasteiger partial charge in [-0.3, -0.25) is 0 Å². The normalized spacial score (nSPS) is 14.6. The van der Waals surface area contributed by atoms with Gasteiger partial charge in [-0.05, 0) is 45.1 Å². The zero-order chi connectivity index (χ0) is 13.5. The number of hydrogen-bond donors (Lipinski definition) is 1. The largest absolute Gasteiger partial charge is 0.497 e. The van der Waals surface area contributed by atoms with E-state index in [0.717, 1.165) is 12.3 Å². The van der Waals surface area contributed by atoms with E-state index in [0.29, 0.717) is 12.1 Å². The van der Waals surface area contributed by atoms with Gasteiger partial charge in [-0.25, -0.2) is 0 Å². The summed E-state index contributed by atoms with van der Waals surface area (Å²) in [6.45, 7) is 5.50. The Bertz CT molecular complexity index is 337. The molecule has 0 saturated heterocycles. The van der Waals surface area contributed by atoms with Gasteiger partial charge in [-0.1, -0.05) is 19.1 Å². The first-order chi connectivity index (χ1) is 8.62. The zero-order valence-electron chi connectivity index (χ0n) is 12.2. The van der Waals surface area contributed by atoms with Crippen LogP contribution in [0, 0.1) is 0 Å². The van der Waals surface area contributed by atoms with Crippen molar-refractivity contribution in [1.82, 2.24) is 10.2 Å². The summed E-state index contributed by atoms with van der Waals surface area (Å²) in [6.07, 6.45) is 1.18. The molecule has 0 bridgehead atoms. The second-order valence-electron chi connectivity index (χ2n) is 4.81. The topological polar surface area (TPSA) is 24.5 Å². The Labute approximate surface area is 111 Å². The van der Waals surface area contributed by atoms with Gasteiger partial charge >= 0.3 is 0 Å². The highest BCUT2D eigenvalue weighted by Crippen LogP contribution is 2.19. The minimum absolute atomic E-state index is 0.356. The molecule has 1 aromatic rings. The van der Waals surface area contributed by atoms with Gasteiger partial charge in [0.25, 0.3) is 0 Å². The summed E-state index contributed by atoms with van der Waals surface area (Å²) in [6, 6.07) is 9.26. The molecule has 102 valence electrons. The Hall–Kier alpha value is -1.06. The predicted octanol–water partition coefficient (Wildman–Crippen LogP) is 2.69. The summed E-state index contributed by atoms with van der Waals surface area (Å²) in [7, 11) is 5.89. The summed E-state index contributed by atoms with van der Waals surface area (Å²) in [4.78, 5) is 2.39. The first-order valence-electron chi connectivity index (χ1n) is 6.63. The molecule has 0 fully saturated rings. The highest BCUT2D eigenvalue weighted by atomic mass is 16.5. The first kappa shape index (κ1) is 15.0. The SMILES string of the molecule is CCC(C)N(C)CC(NC)c1ccc(OC)cc1. The van der Waals surface area contributed by atoms with Crippen molar-refractivity contribution in [2.75, 3.05) is 27.7 Å². The first-order valence-corrected chi connectivity index (χ1v) is 6.63. The molecule has 0 amide bonds. The molecule has 3 heteroatoms. The minimum Gasteiger partial charge on any atom is -0.497 e. The lowest BCUT2D eigenvalue weighted by Crippen LogP contribution is -2.36. The van der Waals surface area contributed by atoms with Crippen LogP contribution in [0.15, 0.2) is 24.3 Å². The van der Waals surface area contributed by atoms with Crippen molar-refractivity contribution in [3.05, 3.63) is 29.8 Å². The lowest BCUT2D eigenvalue weighted by Gasteiger charge is -2.28. The number of likely N-dealkylation sites (N-methyl/N-ethyl adjacent to an activating group) is 2. The summed E-state index contributed by atoms with van der Waals surface area (Å²) >= 11 is 0. The predicted molar refractivity (Wildman–Crippen MR) is 77.2 cm³/mol. The highest BCUT2D eigenvalue weighted by Gasteiger charge is 2.15. The van der Waals surface area contributed by atoms with E-state index in [1.807, 2.05) is 19.2 Å². The van der Waals surface area contributed by atoms with Crippen LogP contribution < -0.4 is 10.1 Å². The Morgan fingerprint density at radius 2 is 1.89 bits per heavy atom. The van der Waals surface area contributed by atoms with Crippen molar-refractivity contribution in [3.63, 3.8) is 0 Å². The fourth-order valence-corrected chi connectivity index (χ4v) is 1.98. The highest BCUT2D eigenvalue weighted by molar-refractivity contribution is 5.29. The van der Waals surface area contributed by atoms with Crippen LogP contribution in [0.3, 0.4) is 0 Å². The molecule has 0 heterocycles. The number of methoxy groups -OCH3 is 1. The summed E-state index contributed by atoms with van der Waals surface area (Å²) < 4.78 is 5.19. The lowest BCUT2D eigenvalue weighted by atomic mass is 10.1. The van der Waals surface area contributed by atoms with Gasteiger partial charge in [0.05, 0.1) is 7.11 Å². The third-order valence-electron chi connectivity index (χ3n) is 3.68. The van der Waals surface area contributed by atoms with E-state index in [4.69, 9.17) is 4.74 Å². The van der Waals surface area contributed by atoms with Crippen LogP contribution in [0.1, 0.15) is 31.9 Å². The van der Waals surface area contributed by atoms with Crippen molar-refractivity contribution >= 4 is 0 Å². The van der Waals surface area contributed by atoms with Gasteiger partial charge in [0.1, 0.15) is 5.75 Å². The molecule has 0 aliphatic carbocycles. The molecule has 1 N–H and O–H groups in total. The molecule has 18 heavy (non-hydrogen) atoms. The summed E-state index contributed by atoms with van der Waals surface area (Å²) in [5, 5.41) is 3.38. The van der Waals surface area contributed by atoms with E-state index < -0.39 is 0 Å². The second-order valence-corrected chi connectivity index (χ2v) is 4.81. The van der Waals surface area contributed by atoms with Crippen LogP contribution in [0.2, 0.25) is 0 Å². The Morgan fingerprint density at radius 1 is 1.28 bits per heavy atom. The number of rotatable bonds is 7. The fourth-order valence-electron chi connectivity index (χ4n) is 1.98. The monoisotopic (exact) mass is 250 g/mol. The van der Waals surface area contributed by atoms with E-state index in [9.17, 15) is 0 Å². The van der Waals surface area contributed by atoms with Crippen LogP contribution in [0.5, 0.6) is 5.75 Å². The van der Waals surface area contributed by atoms with E-state index in [-0.39, 0.29) is 0 Å². The molecule has 0 aliphatic rings. The van der Waals surface area contributed by atoms with Crippen LogP contribution in [-0.4, -0.2) is 38.7 Å². The standard InChI is InChI=1S/C15H26N2O/c1-6-12(2)17(4)11-15(16-3)13-7-9-14(18-5)10-8-13/h7-10,12,15-16H,6,11H2,1-5H3. The van der Waals surface area contributed by atoms with Crippen LogP contribution in [-0.2, 0) is 0 Å². The van der Waals surface area contributed by atoms with Crippen LogP contribution in [0.4, 0.5) is 0 Å². The Morgan fingerprint density at radius 3 is 2.33 bits per heavy atom. The van der Waals surface area contributed by atoms with Crippen molar-refractivity contribution in [3.8, 4) is 5.75 Å². The van der Waals surface area contributed by atoms with Crippen molar-refractivity contribution < 1.29 is 4.74 Å². The lowest BCUT2D eigenvalue weighted by molar-refractivity contribution is 0.228. The maximum atomic E-state index is 5.19. The number of nitrogens with one attached hydrogen (secondary N) is 1. The number of ether oxygens (including phenoxy) is 1. The molecule has 0 aliphatic heterocycles. The average Bonchev–Trinajstić information content (AvgIpc) is 2.43. The molecule has 2 unspecified atom stereocenters. The maximum Gasteiger partial charge on any atom is 0.118 e. The quantitative estimate of drug-likeness (QED) is 0.805. The summed E-state index contributed by atoms with van der Waals surface area (Å²) in [5.74, 6) is 0.906.